The molecule has 3 rings (SSSR count). The van der Waals surface area contributed by atoms with E-state index >= 15 is 0 Å². The molecule has 1 saturated heterocycles. The summed E-state index contributed by atoms with van der Waals surface area (Å²) in [6, 6.07) is 6.95. The molecule has 1 aromatic carbocycles. The number of carbonyl (C=O) groups excluding carboxylic acids is 2. The molecule has 0 saturated carbocycles. The van der Waals surface area contributed by atoms with Crippen LogP contribution in [0.2, 0.25) is 5.02 Å². The Kier molecular flexibility index (Phi) is 7.18. The molecular formula is C19H23ClN4O2S. The number of carbonyl (C=O) groups is 2. The van der Waals surface area contributed by atoms with Crippen LogP contribution in [0.15, 0.2) is 24.3 Å². The van der Waals surface area contributed by atoms with Crippen LogP contribution in [0.3, 0.4) is 0 Å². The molecule has 0 aliphatic carbocycles. The highest BCUT2D eigenvalue weighted by Crippen LogP contribution is 2.18. The Morgan fingerprint density at radius 2 is 1.93 bits per heavy atom. The zero-order chi connectivity index (χ0) is 19.1. The summed E-state index contributed by atoms with van der Waals surface area (Å²) in [5.74, 6) is -0.0815. The second kappa shape index (κ2) is 9.80. The number of benzene rings is 1. The van der Waals surface area contributed by atoms with Crippen molar-refractivity contribution in [1.82, 2.24) is 15.1 Å². The summed E-state index contributed by atoms with van der Waals surface area (Å²) in [6.45, 7) is 1.76. The summed E-state index contributed by atoms with van der Waals surface area (Å²) >= 11 is 7.18. The first-order chi connectivity index (χ1) is 13.1. The predicted molar refractivity (Wildman–Crippen MR) is 107 cm³/mol. The highest BCUT2D eigenvalue weighted by Gasteiger charge is 2.16. The van der Waals surface area contributed by atoms with Gasteiger partial charge < -0.3 is 10.2 Å². The molecule has 1 N–H and O–H groups in total. The largest absolute Gasteiger partial charge is 0.343 e. The Bertz CT molecular complexity index is 788. The predicted octanol–water partition coefficient (Wildman–Crippen LogP) is 4.17. The standard InChI is InChI=1S/C19H23ClN4O2S/c20-14-7-5-8-15(13-14)21-18(26)19-23-22-16(27-19)9-6-10-17(25)24-11-3-1-2-4-12-24/h5,7-8,13H,1-4,6,9-12H2,(H,21,26). The van der Waals surface area contributed by atoms with Gasteiger partial charge in [0.2, 0.25) is 10.9 Å². The van der Waals surface area contributed by atoms with Gasteiger partial charge in [-0.05, 0) is 37.5 Å². The van der Waals surface area contributed by atoms with Crippen molar-refractivity contribution in [2.75, 3.05) is 18.4 Å². The molecule has 1 aliphatic rings. The highest BCUT2D eigenvalue weighted by atomic mass is 35.5. The first kappa shape index (κ1) is 19.8. The molecule has 0 bridgehead atoms. The molecule has 1 fully saturated rings. The van der Waals surface area contributed by atoms with Gasteiger partial charge in [0.1, 0.15) is 5.01 Å². The van der Waals surface area contributed by atoms with Crippen LogP contribution >= 0.6 is 22.9 Å². The molecule has 27 heavy (non-hydrogen) atoms. The first-order valence-electron chi connectivity index (χ1n) is 9.29. The maximum atomic E-state index is 12.3. The summed E-state index contributed by atoms with van der Waals surface area (Å²) in [5.41, 5.74) is 0.618. The third-order valence-corrected chi connectivity index (χ3v) is 5.70. The second-order valence-corrected chi connectivity index (χ2v) is 8.11. The lowest BCUT2D eigenvalue weighted by atomic mass is 10.2. The van der Waals surface area contributed by atoms with Crippen molar-refractivity contribution in [2.24, 2.45) is 0 Å². The van der Waals surface area contributed by atoms with E-state index < -0.39 is 0 Å². The smallest absolute Gasteiger partial charge is 0.286 e. The number of nitrogens with one attached hydrogen (secondary N) is 1. The zero-order valence-corrected chi connectivity index (χ0v) is 16.7. The number of hydrogen-bond acceptors (Lipinski definition) is 5. The van der Waals surface area contributed by atoms with Crippen LogP contribution in [0, 0.1) is 0 Å². The molecule has 6 nitrogen and oxygen atoms in total. The van der Waals surface area contributed by atoms with Crippen molar-refractivity contribution < 1.29 is 9.59 Å². The van der Waals surface area contributed by atoms with Crippen LogP contribution in [-0.2, 0) is 11.2 Å². The van der Waals surface area contributed by atoms with Crippen LogP contribution in [0.25, 0.3) is 0 Å². The quantitative estimate of drug-likeness (QED) is 0.781. The topological polar surface area (TPSA) is 75.2 Å². The number of nitrogens with zero attached hydrogens (tertiary/aromatic N) is 3. The van der Waals surface area contributed by atoms with E-state index in [1.807, 2.05) is 4.90 Å². The van der Waals surface area contributed by atoms with Gasteiger partial charge >= 0.3 is 0 Å². The summed E-state index contributed by atoms with van der Waals surface area (Å²) < 4.78 is 0. The molecule has 0 atom stereocenters. The van der Waals surface area contributed by atoms with Gasteiger partial charge in [-0.1, -0.05) is 41.8 Å². The molecule has 1 aromatic heterocycles. The number of likely N-dealkylation sites (tertiary alicyclic amines) is 1. The minimum absolute atomic E-state index is 0.223. The monoisotopic (exact) mass is 406 g/mol. The van der Waals surface area contributed by atoms with Crippen LogP contribution < -0.4 is 5.32 Å². The first-order valence-corrected chi connectivity index (χ1v) is 10.5. The molecule has 8 heteroatoms. The average molecular weight is 407 g/mol. The van der Waals surface area contributed by atoms with Crippen molar-refractivity contribution in [1.29, 1.82) is 0 Å². The molecule has 0 radical (unpaired) electrons. The number of amides is 2. The maximum Gasteiger partial charge on any atom is 0.286 e. The Hall–Kier alpha value is -1.99. The second-order valence-electron chi connectivity index (χ2n) is 6.61. The van der Waals surface area contributed by atoms with E-state index in [-0.39, 0.29) is 11.8 Å². The number of aryl methyl sites for hydroxylation is 1. The average Bonchev–Trinajstić information content (AvgIpc) is 2.95. The van der Waals surface area contributed by atoms with E-state index in [1.54, 1.807) is 24.3 Å². The van der Waals surface area contributed by atoms with Crippen LogP contribution in [-0.4, -0.2) is 40.0 Å². The van der Waals surface area contributed by atoms with Gasteiger partial charge in [0.15, 0.2) is 0 Å². The lowest BCUT2D eigenvalue weighted by Gasteiger charge is -2.19. The fraction of sp³-hybridized carbons (Fsp3) is 0.474. The van der Waals surface area contributed by atoms with Crippen molar-refractivity contribution in [3.05, 3.63) is 39.3 Å². The Morgan fingerprint density at radius 3 is 2.67 bits per heavy atom. The van der Waals surface area contributed by atoms with E-state index in [4.69, 9.17) is 11.6 Å². The van der Waals surface area contributed by atoms with Crippen LogP contribution in [0.5, 0.6) is 0 Å². The lowest BCUT2D eigenvalue weighted by molar-refractivity contribution is -0.131. The van der Waals surface area contributed by atoms with E-state index in [2.05, 4.69) is 15.5 Å². The number of anilines is 1. The molecular weight excluding hydrogens is 384 g/mol. The van der Waals surface area contributed by atoms with Gasteiger partial charge in [-0.25, -0.2) is 0 Å². The third kappa shape index (κ3) is 6.01. The SMILES string of the molecule is O=C(Nc1cccc(Cl)c1)c1nnc(CCCC(=O)N2CCCCCC2)s1. The van der Waals surface area contributed by atoms with Gasteiger partial charge in [0.05, 0.1) is 0 Å². The number of hydrogen-bond donors (Lipinski definition) is 1. The van der Waals surface area contributed by atoms with Crippen molar-refractivity contribution in [3.8, 4) is 0 Å². The summed E-state index contributed by atoms with van der Waals surface area (Å²) in [6.07, 6.45) is 6.54. The van der Waals surface area contributed by atoms with Gasteiger partial charge in [-0.3, -0.25) is 9.59 Å². The fourth-order valence-electron chi connectivity index (χ4n) is 3.07. The van der Waals surface area contributed by atoms with Gasteiger partial charge in [0.25, 0.3) is 5.91 Å². The van der Waals surface area contributed by atoms with Gasteiger partial charge in [0, 0.05) is 36.6 Å². The molecule has 2 amide bonds. The molecule has 0 unspecified atom stereocenters. The Labute approximate surface area is 167 Å². The normalized spacial score (nSPS) is 14.6. The van der Waals surface area contributed by atoms with Gasteiger partial charge in [-0.2, -0.15) is 0 Å². The van der Waals surface area contributed by atoms with E-state index in [1.165, 1.54) is 24.2 Å². The highest BCUT2D eigenvalue weighted by molar-refractivity contribution is 7.13. The number of halogens is 1. The summed E-state index contributed by atoms with van der Waals surface area (Å²) in [5, 5.41) is 12.4. The minimum Gasteiger partial charge on any atom is -0.343 e. The van der Waals surface area contributed by atoms with Crippen molar-refractivity contribution in [3.63, 3.8) is 0 Å². The fourth-order valence-corrected chi connectivity index (χ4v) is 4.03. The van der Waals surface area contributed by atoms with E-state index in [0.29, 0.717) is 28.6 Å². The molecule has 144 valence electrons. The Balaban J connectivity index is 1.46. The molecule has 2 aromatic rings. The van der Waals surface area contributed by atoms with Crippen LogP contribution in [0.1, 0.15) is 53.3 Å². The lowest BCUT2D eigenvalue weighted by Crippen LogP contribution is -2.31. The Morgan fingerprint density at radius 1 is 1.15 bits per heavy atom. The van der Waals surface area contributed by atoms with E-state index in [0.717, 1.165) is 37.4 Å². The van der Waals surface area contributed by atoms with Crippen molar-refractivity contribution in [2.45, 2.75) is 44.9 Å². The molecule has 0 spiro atoms. The van der Waals surface area contributed by atoms with Crippen molar-refractivity contribution >= 4 is 40.4 Å². The number of aromatic nitrogens is 2. The third-order valence-electron chi connectivity index (χ3n) is 4.48. The van der Waals surface area contributed by atoms with E-state index in [9.17, 15) is 9.59 Å². The zero-order valence-electron chi connectivity index (χ0n) is 15.1. The van der Waals surface area contributed by atoms with Crippen LogP contribution in [0.4, 0.5) is 5.69 Å². The van der Waals surface area contributed by atoms with Gasteiger partial charge in [-0.15, -0.1) is 10.2 Å². The number of rotatable bonds is 6. The molecule has 2 heterocycles. The minimum atomic E-state index is -0.304. The molecule has 1 aliphatic heterocycles. The summed E-state index contributed by atoms with van der Waals surface area (Å²) in [4.78, 5) is 26.5. The summed E-state index contributed by atoms with van der Waals surface area (Å²) in [7, 11) is 0. The maximum absolute atomic E-state index is 12.3.